The highest BCUT2D eigenvalue weighted by molar-refractivity contribution is 7.91. The van der Waals surface area contributed by atoms with Gasteiger partial charge in [-0.05, 0) is 64.3 Å². The number of hydrogen-bond donors (Lipinski definition) is 1. The van der Waals surface area contributed by atoms with Gasteiger partial charge < -0.3 is 15.0 Å². The van der Waals surface area contributed by atoms with Gasteiger partial charge in [0.25, 0.3) is 10.0 Å². The fraction of sp³-hybridized carbons (Fsp3) is 0.458. The smallest absolute Gasteiger partial charge is 0.301 e. The SMILES string of the molecule is C[C@H](NC1=NS(=O)(=O)C(C)(c2cccc(N3CCCC3)c2)C(C)(C)O1)c1ccccc1F. The molecule has 2 heterocycles. The molecule has 4 rings (SSSR count). The van der Waals surface area contributed by atoms with Crippen molar-refractivity contribution in [3.05, 3.63) is 65.5 Å². The Hall–Kier alpha value is -2.61. The number of halogens is 1. The fourth-order valence-electron chi connectivity index (χ4n) is 4.49. The van der Waals surface area contributed by atoms with E-state index >= 15 is 0 Å². The number of ether oxygens (including phenoxy) is 1. The maximum atomic E-state index is 14.2. The number of nitrogens with zero attached hydrogens (tertiary/aromatic N) is 2. The van der Waals surface area contributed by atoms with Gasteiger partial charge in [-0.3, -0.25) is 0 Å². The monoisotopic (exact) mass is 459 g/mol. The van der Waals surface area contributed by atoms with E-state index in [2.05, 4.69) is 14.6 Å². The molecule has 1 saturated heterocycles. The molecule has 0 radical (unpaired) electrons. The number of hydrogen-bond acceptors (Lipinski definition) is 5. The van der Waals surface area contributed by atoms with Crippen molar-refractivity contribution < 1.29 is 17.5 Å². The molecule has 32 heavy (non-hydrogen) atoms. The van der Waals surface area contributed by atoms with Crippen LogP contribution in [0.4, 0.5) is 10.1 Å². The van der Waals surface area contributed by atoms with Crippen LogP contribution in [0.5, 0.6) is 0 Å². The molecule has 0 aromatic heterocycles. The van der Waals surface area contributed by atoms with Gasteiger partial charge in [-0.25, -0.2) is 12.8 Å². The van der Waals surface area contributed by atoms with Crippen LogP contribution >= 0.6 is 0 Å². The molecule has 2 aliphatic rings. The topological polar surface area (TPSA) is 71.0 Å². The highest BCUT2D eigenvalue weighted by Crippen LogP contribution is 2.47. The van der Waals surface area contributed by atoms with Crippen molar-refractivity contribution in [1.29, 1.82) is 0 Å². The lowest BCUT2D eigenvalue weighted by Crippen LogP contribution is -2.57. The molecule has 6 nitrogen and oxygen atoms in total. The van der Waals surface area contributed by atoms with E-state index in [0.29, 0.717) is 11.1 Å². The molecule has 0 amide bonds. The average Bonchev–Trinajstić information content (AvgIpc) is 3.26. The highest BCUT2D eigenvalue weighted by Gasteiger charge is 2.58. The minimum atomic E-state index is -4.02. The zero-order valence-electron chi connectivity index (χ0n) is 18.9. The summed E-state index contributed by atoms with van der Waals surface area (Å²) in [6, 6.07) is 13.3. The molecular formula is C24H30FN3O3S. The van der Waals surface area contributed by atoms with E-state index < -0.39 is 26.4 Å². The van der Waals surface area contributed by atoms with Crippen molar-refractivity contribution in [1.82, 2.24) is 5.32 Å². The molecule has 8 heteroatoms. The number of rotatable bonds is 4. The molecule has 1 fully saturated rings. The first kappa shape index (κ1) is 22.6. The first-order valence-electron chi connectivity index (χ1n) is 11.0. The van der Waals surface area contributed by atoms with Crippen LogP contribution in [-0.4, -0.2) is 33.1 Å². The Kier molecular flexibility index (Phi) is 5.69. The van der Waals surface area contributed by atoms with Gasteiger partial charge in [-0.15, -0.1) is 4.40 Å². The summed E-state index contributed by atoms with van der Waals surface area (Å²) in [5, 5.41) is 2.93. The summed E-state index contributed by atoms with van der Waals surface area (Å²) >= 11 is 0. The largest absolute Gasteiger partial charge is 0.456 e. The second kappa shape index (κ2) is 8.06. The molecule has 1 unspecified atom stereocenters. The standard InChI is InChI=1S/C24H30FN3O3S/c1-17(20-12-5-6-13-21(20)25)26-22-27-32(29,30)24(4,23(2,3)31-22)18-10-9-11-19(16-18)28-14-7-8-15-28/h5-6,9-13,16-17H,7-8,14-15H2,1-4H3,(H,26,27)/t17-,24?/m0/s1. The molecule has 0 saturated carbocycles. The number of amidine groups is 1. The van der Waals surface area contributed by atoms with Gasteiger partial charge in [0.1, 0.15) is 11.4 Å². The molecular weight excluding hydrogens is 429 g/mol. The van der Waals surface area contributed by atoms with Gasteiger partial charge in [-0.2, -0.15) is 0 Å². The molecule has 0 aliphatic carbocycles. The van der Waals surface area contributed by atoms with E-state index in [1.165, 1.54) is 6.07 Å². The molecule has 172 valence electrons. The van der Waals surface area contributed by atoms with Gasteiger partial charge in [0.05, 0.1) is 6.04 Å². The fourth-order valence-corrected chi connectivity index (χ4v) is 6.06. The van der Waals surface area contributed by atoms with Crippen molar-refractivity contribution in [3.63, 3.8) is 0 Å². The van der Waals surface area contributed by atoms with Crippen molar-refractivity contribution in [3.8, 4) is 0 Å². The third kappa shape index (κ3) is 3.74. The zero-order valence-corrected chi connectivity index (χ0v) is 19.7. The average molecular weight is 460 g/mol. The predicted molar refractivity (Wildman–Crippen MR) is 125 cm³/mol. The molecule has 2 atom stereocenters. The van der Waals surface area contributed by atoms with Gasteiger partial charge in [0.15, 0.2) is 4.75 Å². The molecule has 1 N–H and O–H groups in total. The number of anilines is 1. The van der Waals surface area contributed by atoms with Gasteiger partial charge in [0, 0.05) is 24.3 Å². The lowest BCUT2D eigenvalue weighted by molar-refractivity contribution is 0.0399. The van der Waals surface area contributed by atoms with Crippen LogP contribution in [0.2, 0.25) is 0 Å². The Morgan fingerprint density at radius 3 is 2.44 bits per heavy atom. The van der Waals surface area contributed by atoms with Gasteiger partial charge in [0.2, 0.25) is 0 Å². The maximum Gasteiger partial charge on any atom is 0.301 e. The van der Waals surface area contributed by atoms with Crippen molar-refractivity contribution in [2.75, 3.05) is 18.0 Å². The Morgan fingerprint density at radius 2 is 1.78 bits per heavy atom. The van der Waals surface area contributed by atoms with Crippen LogP contribution in [0.15, 0.2) is 52.9 Å². The number of sulfonamides is 1. The third-order valence-electron chi connectivity index (χ3n) is 6.80. The molecule has 2 aliphatic heterocycles. The minimum absolute atomic E-state index is 0.126. The van der Waals surface area contributed by atoms with Crippen LogP contribution in [0.1, 0.15) is 57.7 Å². The van der Waals surface area contributed by atoms with Crippen LogP contribution in [0.25, 0.3) is 0 Å². The van der Waals surface area contributed by atoms with Gasteiger partial charge in [-0.1, -0.05) is 30.3 Å². The summed E-state index contributed by atoms with van der Waals surface area (Å²) in [4.78, 5) is 2.27. The van der Waals surface area contributed by atoms with Crippen LogP contribution in [0.3, 0.4) is 0 Å². The lowest BCUT2D eigenvalue weighted by Gasteiger charge is -2.45. The van der Waals surface area contributed by atoms with Gasteiger partial charge >= 0.3 is 6.02 Å². The summed E-state index contributed by atoms with van der Waals surface area (Å²) in [6.45, 7) is 8.82. The van der Waals surface area contributed by atoms with Crippen molar-refractivity contribution in [2.24, 2.45) is 4.40 Å². The van der Waals surface area contributed by atoms with E-state index in [0.717, 1.165) is 31.6 Å². The van der Waals surface area contributed by atoms with Crippen LogP contribution < -0.4 is 10.2 Å². The van der Waals surface area contributed by atoms with Crippen molar-refractivity contribution in [2.45, 2.75) is 56.9 Å². The molecule has 0 spiro atoms. The Balaban J connectivity index is 1.69. The Morgan fingerprint density at radius 1 is 1.09 bits per heavy atom. The quantitative estimate of drug-likeness (QED) is 0.730. The normalized spacial score (nSPS) is 25.0. The predicted octanol–water partition coefficient (Wildman–Crippen LogP) is 4.49. The zero-order chi connectivity index (χ0) is 23.1. The first-order chi connectivity index (χ1) is 15.0. The minimum Gasteiger partial charge on any atom is -0.456 e. The third-order valence-corrected chi connectivity index (χ3v) is 8.96. The highest BCUT2D eigenvalue weighted by atomic mass is 32.2. The molecule has 2 aromatic carbocycles. The summed E-state index contributed by atoms with van der Waals surface area (Å²) in [7, 11) is -4.02. The first-order valence-corrected chi connectivity index (χ1v) is 12.4. The summed E-state index contributed by atoms with van der Waals surface area (Å²) < 4.78 is 50.0. The van der Waals surface area contributed by atoms with E-state index in [1.807, 2.05) is 24.3 Å². The van der Waals surface area contributed by atoms with Crippen LogP contribution in [0, 0.1) is 5.82 Å². The number of nitrogens with one attached hydrogen (secondary N) is 1. The molecule has 0 bridgehead atoms. The second-order valence-corrected chi connectivity index (χ2v) is 11.1. The summed E-state index contributed by atoms with van der Waals surface area (Å²) in [6.07, 6.45) is 2.27. The molecule has 2 aromatic rings. The summed E-state index contributed by atoms with van der Waals surface area (Å²) in [5.74, 6) is -0.380. The Labute approximate surface area is 189 Å². The van der Waals surface area contributed by atoms with Crippen molar-refractivity contribution >= 4 is 21.7 Å². The lowest BCUT2D eigenvalue weighted by atomic mass is 9.84. The second-order valence-electron chi connectivity index (χ2n) is 9.15. The summed E-state index contributed by atoms with van der Waals surface area (Å²) in [5.41, 5.74) is 0.917. The van der Waals surface area contributed by atoms with E-state index in [4.69, 9.17) is 4.74 Å². The van der Waals surface area contributed by atoms with Crippen LogP contribution in [-0.2, 0) is 19.5 Å². The maximum absolute atomic E-state index is 14.2. The van der Waals surface area contributed by atoms with E-state index in [-0.39, 0.29) is 11.8 Å². The Bertz CT molecular complexity index is 1140. The van der Waals surface area contributed by atoms with E-state index in [1.54, 1.807) is 45.9 Å². The van der Waals surface area contributed by atoms with E-state index in [9.17, 15) is 12.8 Å². The number of benzene rings is 2.